The van der Waals surface area contributed by atoms with Gasteiger partial charge >= 0.3 is 6.03 Å². The Labute approximate surface area is 168 Å². The van der Waals surface area contributed by atoms with Gasteiger partial charge in [-0.15, -0.1) is 0 Å². The van der Waals surface area contributed by atoms with Crippen molar-refractivity contribution in [2.24, 2.45) is 0 Å². The summed E-state index contributed by atoms with van der Waals surface area (Å²) in [5, 5.41) is 5.80. The fraction of sp³-hybridized carbons (Fsp3) is 0.238. The van der Waals surface area contributed by atoms with Gasteiger partial charge in [0.15, 0.2) is 0 Å². The van der Waals surface area contributed by atoms with Crippen LogP contribution in [-0.2, 0) is 15.1 Å². The smallest absolute Gasteiger partial charge is 0.343 e. The number of nitrogens with zero attached hydrogens (tertiary/aromatic N) is 1. The third-order valence-electron chi connectivity index (χ3n) is 4.85. The van der Waals surface area contributed by atoms with Gasteiger partial charge in [0.25, 0.3) is 17.7 Å². The van der Waals surface area contributed by atoms with Gasteiger partial charge < -0.3 is 10.6 Å². The SMILES string of the molecule is CCC1(c2ccccc2)NC(=O)N(NC(=O)CNC(=O)c2ccc(C)cc2)C1=O. The van der Waals surface area contributed by atoms with Gasteiger partial charge in [0.05, 0.1) is 6.54 Å². The quantitative estimate of drug-likeness (QED) is 0.647. The second-order valence-electron chi connectivity index (χ2n) is 6.78. The number of carbonyl (C=O) groups excluding carboxylic acids is 4. The lowest BCUT2D eigenvalue weighted by molar-refractivity contribution is -0.139. The van der Waals surface area contributed by atoms with E-state index in [1.165, 1.54) is 0 Å². The first-order chi connectivity index (χ1) is 13.9. The van der Waals surface area contributed by atoms with Gasteiger partial charge in [0, 0.05) is 5.56 Å². The molecule has 1 unspecified atom stereocenters. The second-order valence-corrected chi connectivity index (χ2v) is 6.78. The highest BCUT2D eigenvalue weighted by molar-refractivity contribution is 6.08. The monoisotopic (exact) mass is 394 g/mol. The standard InChI is InChI=1S/C21H22N4O4/c1-3-21(16-7-5-4-6-8-16)19(28)25(20(29)23-21)24-17(26)13-22-18(27)15-11-9-14(2)10-12-15/h4-12H,3,13H2,1-2H3,(H,22,27)(H,23,29)(H,24,26). The predicted molar refractivity (Wildman–Crippen MR) is 105 cm³/mol. The lowest BCUT2D eigenvalue weighted by Crippen LogP contribution is -2.51. The molecule has 150 valence electrons. The molecule has 3 rings (SSSR count). The molecule has 0 bridgehead atoms. The van der Waals surface area contributed by atoms with E-state index in [2.05, 4.69) is 16.1 Å². The summed E-state index contributed by atoms with van der Waals surface area (Å²) in [6.07, 6.45) is 0.318. The first-order valence-electron chi connectivity index (χ1n) is 9.24. The molecule has 2 aromatic rings. The average molecular weight is 394 g/mol. The Bertz CT molecular complexity index is 943. The van der Waals surface area contributed by atoms with Crippen molar-refractivity contribution in [2.75, 3.05) is 6.54 Å². The van der Waals surface area contributed by atoms with Crippen molar-refractivity contribution in [3.05, 3.63) is 71.3 Å². The number of hydrogen-bond donors (Lipinski definition) is 3. The number of rotatable bonds is 6. The molecule has 0 aliphatic carbocycles. The largest absolute Gasteiger partial charge is 0.344 e. The van der Waals surface area contributed by atoms with Crippen LogP contribution >= 0.6 is 0 Å². The van der Waals surface area contributed by atoms with E-state index in [9.17, 15) is 19.2 Å². The van der Waals surface area contributed by atoms with E-state index >= 15 is 0 Å². The summed E-state index contributed by atoms with van der Waals surface area (Å²) >= 11 is 0. The maximum Gasteiger partial charge on any atom is 0.344 e. The predicted octanol–water partition coefficient (Wildman–Crippen LogP) is 1.61. The molecule has 3 N–H and O–H groups in total. The number of hydrogen-bond acceptors (Lipinski definition) is 4. The Kier molecular flexibility index (Phi) is 5.63. The van der Waals surface area contributed by atoms with Crippen molar-refractivity contribution in [1.29, 1.82) is 0 Å². The van der Waals surface area contributed by atoms with Crippen LogP contribution in [0.15, 0.2) is 54.6 Å². The summed E-state index contributed by atoms with van der Waals surface area (Å²) in [6, 6.07) is 15.0. The second kappa shape index (κ2) is 8.14. The highest BCUT2D eigenvalue weighted by Crippen LogP contribution is 2.31. The molecule has 0 aromatic heterocycles. The zero-order chi connectivity index (χ0) is 21.0. The molecular weight excluding hydrogens is 372 g/mol. The van der Waals surface area contributed by atoms with Gasteiger partial charge in [-0.25, -0.2) is 4.79 Å². The fourth-order valence-electron chi connectivity index (χ4n) is 3.17. The van der Waals surface area contributed by atoms with Crippen LogP contribution in [-0.4, -0.2) is 35.3 Å². The number of amides is 5. The van der Waals surface area contributed by atoms with Crippen LogP contribution in [0.3, 0.4) is 0 Å². The summed E-state index contributed by atoms with van der Waals surface area (Å²) < 4.78 is 0. The molecule has 8 heteroatoms. The van der Waals surface area contributed by atoms with Crippen LogP contribution in [0.2, 0.25) is 0 Å². The third kappa shape index (κ3) is 3.96. The molecule has 0 saturated carbocycles. The summed E-state index contributed by atoms with van der Waals surface area (Å²) in [7, 11) is 0. The van der Waals surface area contributed by atoms with E-state index in [1.807, 2.05) is 13.0 Å². The number of benzene rings is 2. The van der Waals surface area contributed by atoms with E-state index in [-0.39, 0.29) is 6.54 Å². The summed E-state index contributed by atoms with van der Waals surface area (Å²) in [5.74, 6) is -1.69. The van der Waals surface area contributed by atoms with Crippen LogP contribution in [0.4, 0.5) is 4.79 Å². The van der Waals surface area contributed by atoms with Gasteiger partial charge in [-0.2, -0.15) is 5.01 Å². The number of hydrazine groups is 1. The molecule has 29 heavy (non-hydrogen) atoms. The van der Waals surface area contributed by atoms with Crippen LogP contribution in [0.25, 0.3) is 0 Å². The summed E-state index contributed by atoms with van der Waals surface area (Å²) in [5.41, 5.74) is 3.08. The molecule has 1 heterocycles. The number of urea groups is 1. The first-order valence-corrected chi connectivity index (χ1v) is 9.24. The molecule has 1 aliphatic heterocycles. The highest BCUT2D eigenvalue weighted by atomic mass is 16.2. The first kappa shape index (κ1) is 20.1. The summed E-state index contributed by atoms with van der Waals surface area (Å²) in [4.78, 5) is 49.6. The van der Waals surface area contributed by atoms with E-state index in [0.29, 0.717) is 22.6 Å². The Morgan fingerprint density at radius 1 is 1.03 bits per heavy atom. The van der Waals surface area contributed by atoms with Crippen LogP contribution in [0.5, 0.6) is 0 Å². The number of carbonyl (C=O) groups is 4. The summed E-state index contributed by atoms with van der Waals surface area (Å²) in [6.45, 7) is 3.30. The van der Waals surface area contributed by atoms with Crippen molar-refractivity contribution in [3.63, 3.8) is 0 Å². The van der Waals surface area contributed by atoms with Crippen LogP contribution < -0.4 is 16.1 Å². The van der Waals surface area contributed by atoms with Crippen molar-refractivity contribution in [2.45, 2.75) is 25.8 Å². The molecule has 1 saturated heterocycles. The minimum atomic E-state index is -1.24. The van der Waals surface area contributed by atoms with Gasteiger partial charge in [0.2, 0.25) is 0 Å². The van der Waals surface area contributed by atoms with Crippen molar-refractivity contribution in [3.8, 4) is 0 Å². The normalized spacial score (nSPS) is 18.3. The van der Waals surface area contributed by atoms with E-state index in [0.717, 1.165) is 5.56 Å². The molecule has 1 fully saturated rings. The van der Waals surface area contributed by atoms with Crippen LogP contribution in [0.1, 0.15) is 34.8 Å². The lowest BCUT2D eigenvalue weighted by Gasteiger charge is -2.25. The van der Waals surface area contributed by atoms with E-state index in [4.69, 9.17) is 0 Å². The average Bonchev–Trinajstić information content (AvgIpc) is 2.98. The molecular formula is C21H22N4O4. The highest BCUT2D eigenvalue weighted by Gasteiger charge is 2.52. The van der Waals surface area contributed by atoms with Crippen molar-refractivity contribution in [1.82, 2.24) is 21.1 Å². The number of aryl methyl sites for hydroxylation is 1. The molecule has 2 aromatic carbocycles. The van der Waals surface area contributed by atoms with Gasteiger partial charge in [-0.05, 0) is 31.0 Å². The van der Waals surface area contributed by atoms with Crippen LogP contribution in [0, 0.1) is 6.92 Å². The zero-order valence-corrected chi connectivity index (χ0v) is 16.2. The number of imide groups is 1. The van der Waals surface area contributed by atoms with Gasteiger partial charge in [-0.3, -0.25) is 19.8 Å². The Morgan fingerprint density at radius 2 is 1.69 bits per heavy atom. The zero-order valence-electron chi connectivity index (χ0n) is 16.2. The maximum atomic E-state index is 12.9. The minimum absolute atomic E-state index is 0.318. The maximum absolute atomic E-state index is 12.9. The molecule has 0 radical (unpaired) electrons. The number of nitrogens with one attached hydrogen (secondary N) is 3. The van der Waals surface area contributed by atoms with E-state index in [1.54, 1.807) is 55.5 Å². The molecule has 1 aliphatic rings. The van der Waals surface area contributed by atoms with Crippen molar-refractivity contribution >= 4 is 23.8 Å². The third-order valence-corrected chi connectivity index (χ3v) is 4.85. The molecule has 0 spiro atoms. The molecule has 8 nitrogen and oxygen atoms in total. The fourth-order valence-corrected chi connectivity index (χ4v) is 3.17. The molecule has 1 atom stereocenters. The van der Waals surface area contributed by atoms with Gasteiger partial charge in [0.1, 0.15) is 5.54 Å². The van der Waals surface area contributed by atoms with Crippen molar-refractivity contribution < 1.29 is 19.2 Å². The lowest BCUT2D eigenvalue weighted by atomic mass is 9.87. The minimum Gasteiger partial charge on any atom is -0.343 e. The van der Waals surface area contributed by atoms with E-state index < -0.39 is 29.3 Å². The Balaban J connectivity index is 1.64. The molecule has 5 amide bonds. The Morgan fingerprint density at radius 3 is 2.31 bits per heavy atom. The van der Waals surface area contributed by atoms with Gasteiger partial charge in [-0.1, -0.05) is 55.0 Å². The topological polar surface area (TPSA) is 108 Å². The Hall–Kier alpha value is -3.68.